The van der Waals surface area contributed by atoms with Crippen LogP contribution < -0.4 is 0 Å². The zero-order chi connectivity index (χ0) is 21.0. The first-order chi connectivity index (χ1) is 14.0. The molecule has 1 fully saturated rings. The Morgan fingerprint density at radius 3 is 2.41 bits per heavy atom. The standard InChI is InChI=1S/C23H28N2O3S/c1-4-24(5-2)13-7-14-25-20(18-8-6-15-29-18)19(22(27)23(25)28)21(26)17-11-9-16(3)10-12-17/h6,8-12,15,20,26H,4-5,7,13-14H2,1-3H3/b21-19+. The van der Waals surface area contributed by atoms with Gasteiger partial charge in [0.2, 0.25) is 0 Å². The highest BCUT2D eigenvalue weighted by Crippen LogP contribution is 2.41. The van der Waals surface area contributed by atoms with E-state index >= 15 is 0 Å². The van der Waals surface area contributed by atoms with Crippen LogP contribution in [0.25, 0.3) is 5.76 Å². The summed E-state index contributed by atoms with van der Waals surface area (Å²) < 4.78 is 0. The fraction of sp³-hybridized carbons (Fsp3) is 0.391. The Morgan fingerprint density at radius 1 is 1.14 bits per heavy atom. The van der Waals surface area contributed by atoms with Gasteiger partial charge in [-0.2, -0.15) is 0 Å². The molecule has 2 aromatic rings. The topological polar surface area (TPSA) is 60.9 Å². The van der Waals surface area contributed by atoms with E-state index in [1.54, 1.807) is 17.0 Å². The van der Waals surface area contributed by atoms with Crippen LogP contribution in [0.1, 0.15) is 42.3 Å². The monoisotopic (exact) mass is 412 g/mol. The van der Waals surface area contributed by atoms with E-state index in [2.05, 4.69) is 18.7 Å². The van der Waals surface area contributed by atoms with Crippen molar-refractivity contribution in [3.05, 3.63) is 63.4 Å². The third kappa shape index (κ3) is 4.43. The number of aliphatic hydroxyl groups excluding tert-OH is 1. The summed E-state index contributed by atoms with van der Waals surface area (Å²) >= 11 is 1.49. The van der Waals surface area contributed by atoms with Crippen LogP contribution >= 0.6 is 11.3 Å². The van der Waals surface area contributed by atoms with Crippen LogP contribution in [0.4, 0.5) is 0 Å². The lowest BCUT2D eigenvalue weighted by molar-refractivity contribution is -0.139. The van der Waals surface area contributed by atoms with E-state index in [1.165, 1.54) is 11.3 Å². The van der Waals surface area contributed by atoms with Gasteiger partial charge in [-0.05, 0) is 44.4 Å². The maximum atomic E-state index is 12.9. The number of nitrogens with zero attached hydrogens (tertiary/aromatic N) is 2. The molecule has 29 heavy (non-hydrogen) atoms. The number of thiophene rings is 1. The molecule has 1 aliphatic heterocycles. The molecule has 0 bridgehead atoms. The summed E-state index contributed by atoms with van der Waals surface area (Å²) in [6.07, 6.45) is 0.779. The number of rotatable bonds is 8. The summed E-state index contributed by atoms with van der Waals surface area (Å²) in [5, 5.41) is 12.9. The lowest BCUT2D eigenvalue weighted by Gasteiger charge is -2.25. The SMILES string of the molecule is CCN(CC)CCCN1C(=O)C(=O)/C(=C(/O)c2ccc(C)cc2)C1c1cccs1. The smallest absolute Gasteiger partial charge is 0.295 e. The second-order valence-electron chi connectivity index (χ2n) is 7.25. The van der Waals surface area contributed by atoms with E-state index in [0.29, 0.717) is 12.1 Å². The van der Waals surface area contributed by atoms with Crippen molar-refractivity contribution in [2.45, 2.75) is 33.2 Å². The van der Waals surface area contributed by atoms with Crippen LogP contribution in [0.2, 0.25) is 0 Å². The van der Waals surface area contributed by atoms with Crippen molar-refractivity contribution in [2.75, 3.05) is 26.2 Å². The maximum Gasteiger partial charge on any atom is 0.295 e. The Kier molecular flexibility index (Phi) is 6.87. The number of carbonyl (C=O) groups excluding carboxylic acids is 2. The number of aliphatic hydroxyl groups is 1. The summed E-state index contributed by atoms with van der Waals surface area (Å²) in [6.45, 7) is 9.45. The predicted octanol–water partition coefficient (Wildman–Crippen LogP) is 4.21. The van der Waals surface area contributed by atoms with Crippen molar-refractivity contribution in [3.63, 3.8) is 0 Å². The number of hydrogen-bond donors (Lipinski definition) is 1. The van der Waals surface area contributed by atoms with Gasteiger partial charge >= 0.3 is 0 Å². The molecule has 1 unspecified atom stereocenters. The largest absolute Gasteiger partial charge is 0.507 e. The minimum atomic E-state index is -0.607. The van der Waals surface area contributed by atoms with Crippen molar-refractivity contribution in [1.29, 1.82) is 0 Å². The van der Waals surface area contributed by atoms with Crippen LogP contribution in [0.15, 0.2) is 47.4 Å². The Morgan fingerprint density at radius 2 is 1.83 bits per heavy atom. The van der Waals surface area contributed by atoms with Gasteiger partial charge in [0.1, 0.15) is 5.76 Å². The van der Waals surface area contributed by atoms with Crippen LogP contribution in [0, 0.1) is 6.92 Å². The van der Waals surface area contributed by atoms with Crippen molar-refractivity contribution >= 4 is 28.8 Å². The van der Waals surface area contributed by atoms with Crippen LogP contribution in [0.5, 0.6) is 0 Å². The molecule has 1 N–H and O–H groups in total. The Labute approximate surface area is 176 Å². The molecule has 5 nitrogen and oxygen atoms in total. The molecule has 1 saturated heterocycles. The van der Waals surface area contributed by atoms with Crippen LogP contribution in [-0.2, 0) is 9.59 Å². The summed E-state index contributed by atoms with van der Waals surface area (Å²) in [6, 6.07) is 10.6. The molecule has 0 saturated carbocycles. The van der Waals surface area contributed by atoms with Crippen LogP contribution in [-0.4, -0.2) is 52.8 Å². The van der Waals surface area contributed by atoms with E-state index in [1.807, 2.05) is 36.6 Å². The maximum absolute atomic E-state index is 12.9. The fourth-order valence-corrected chi connectivity index (χ4v) is 4.57. The number of amides is 1. The molecule has 1 aliphatic rings. The van der Waals surface area contributed by atoms with Crippen molar-refractivity contribution in [3.8, 4) is 0 Å². The first-order valence-electron chi connectivity index (χ1n) is 10.1. The minimum Gasteiger partial charge on any atom is -0.507 e. The summed E-state index contributed by atoms with van der Waals surface area (Å²) in [4.78, 5) is 30.6. The average molecular weight is 413 g/mol. The van der Waals surface area contributed by atoms with Crippen molar-refractivity contribution in [1.82, 2.24) is 9.80 Å². The zero-order valence-corrected chi connectivity index (χ0v) is 18.0. The van der Waals surface area contributed by atoms with Gasteiger partial charge in [0.05, 0.1) is 11.6 Å². The molecule has 1 aromatic carbocycles. The Balaban J connectivity index is 1.95. The predicted molar refractivity (Wildman–Crippen MR) is 117 cm³/mol. The Hall–Kier alpha value is -2.44. The molecule has 0 spiro atoms. The molecule has 154 valence electrons. The molecular weight excluding hydrogens is 384 g/mol. The highest BCUT2D eigenvalue weighted by Gasteiger charge is 2.46. The van der Waals surface area contributed by atoms with E-state index < -0.39 is 17.7 Å². The zero-order valence-electron chi connectivity index (χ0n) is 17.2. The molecular formula is C23H28N2O3S. The van der Waals surface area contributed by atoms with Crippen LogP contribution in [0.3, 0.4) is 0 Å². The van der Waals surface area contributed by atoms with Gasteiger partial charge in [0, 0.05) is 17.0 Å². The average Bonchev–Trinajstić information content (AvgIpc) is 3.33. The first-order valence-corrected chi connectivity index (χ1v) is 11.0. The van der Waals surface area contributed by atoms with Crippen molar-refractivity contribution in [2.24, 2.45) is 0 Å². The molecule has 0 radical (unpaired) electrons. The number of ketones is 1. The molecule has 3 rings (SSSR count). The number of likely N-dealkylation sites (tertiary alicyclic amines) is 1. The minimum absolute atomic E-state index is 0.104. The molecule has 6 heteroatoms. The van der Waals surface area contributed by atoms with Gasteiger partial charge in [0.15, 0.2) is 0 Å². The molecule has 1 aromatic heterocycles. The molecule has 0 aliphatic carbocycles. The fourth-order valence-electron chi connectivity index (χ4n) is 3.72. The third-order valence-electron chi connectivity index (χ3n) is 5.45. The summed E-state index contributed by atoms with van der Waals surface area (Å²) in [5.74, 6) is -1.24. The lowest BCUT2D eigenvalue weighted by atomic mass is 9.99. The summed E-state index contributed by atoms with van der Waals surface area (Å²) in [5.41, 5.74) is 1.80. The van der Waals surface area contributed by atoms with Gasteiger partial charge in [-0.1, -0.05) is 49.7 Å². The molecule has 1 amide bonds. The normalized spacial score (nSPS) is 18.8. The highest BCUT2D eigenvalue weighted by molar-refractivity contribution is 7.10. The van der Waals surface area contributed by atoms with E-state index in [0.717, 1.165) is 36.5 Å². The number of Topliss-reactive ketones (excluding diaryl/α,β-unsaturated/α-hetero) is 1. The second-order valence-corrected chi connectivity index (χ2v) is 8.23. The number of aryl methyl sites for hydroxylation is 1. The van der Waals surface area contributed by atoms with Crippen molar-refractivity contribution < 1.29 is 14.7 Å². The second kappa shape index (κ2) is 9.37. The Bertz CT molecular complexity index is 883. The summed E-state index contributed by atoms with van der Waals surface area (Å²) in [7, 11) is 0. The van der Waals surface area contributed by atoms with Gasteiger partial charge in [-0.25, -0.2) is 0 Å². The lowest BCUT2D eigenvalue weighted by Crippen LogP contribution is -2.33. The quantitative estimate of drug-likeness (QED) is 0.401. The van der Waals surface area contributed by atoms with E-state index in [4.69, 9.17) is 0 Å². The highest BCUT2D eigenvalue weighted by atomic mass is 32.1. The number of benzene rings is 1. The number of hydrogen-bond acceptors (Lipinski definition) is 5. The third-order valence-corrected chi connectivity index (χ3v) is 6.37. The van der Waals surface area contributed by atoms with Gasteiger partial charge in [-0.15, -0.1) is 11.3 Å². The molecule has 1 atom stereocenters. The van der Waals surface area contributed by atoms with Gasteiger partial charge < -0.3 is 14.9 Å². The number of carbonyl (C=O) groups is 2. The van der Waals surface area contributed by atoms with Gasteiger partial charge in [0.25, 0.3) is 11.7 Å². The molecule has 2 heterocycles. The van der Waals surface area contributed by atoms with E-state index in [9.17, 15) is 14.7 Å². The van der Waals surface area contributed by atoms with E-state index in [-0.39, 0.29) is 11.3 Å². The first kappa shape index (κ1) is 21.3. The van der Waals surface area contributed by atoms with Gasteiger partial charge in [-0.3, -0.25) is 9.59 Å².